The van der Waals surface area contributed by atoms with Crippen molar-refractivity contribution in [1.82, 2.24) is 25.0 Å². The van der Waals surface area contributed by atoms with E-state index < -0.39 is 24.9 Å². The lowest BCUT2D eigenvalue weighted by Gasteiger charge is -2.17. The number of nitrogens with zero attached hydrogens (tertiary/aromatic N) is 6. The number of benzene rings is 1. The van der Waals surface area contributed by atoms with Crippen LogP contribution >= 0.6 is 11.6 Å². The molecule has 3 heterocycles. The minimum atomic E-state index is -4.52. The van der Waals surface area contributed by atoms with E-state index in [0.29, 0.717) is 23.5 Å². The van der Waals surface area contributed by atoms with Gasteiger partial charge in [-0.05, 0) is 18.1 Å². The minimum Gasteiger partial charge on any atom is -0.454 e. The van der Waals surface area contributed by atoms with E-state index in [4.69, 9.17) is 16.3 Å². The fourth-order valence-electron chi connectivity index (χ4n) is 3.03. The maximum absolute atomic E-state index is 12.5. The molecule has 0 bridgehead atoms. The normalized spacial score (nSPS) is 17.3. The van der Waals surface area contributed by atoms with Crippen LogP contribution in [0.15, 0.2) is 24.3 Å². The molecule has 0 spiro atoms. The Morgan fingerprint density at radius 3 is 2.69 bits per heavy atom. The summed E-state index contributed by atoms with van der Waals surface area (Å²) in [6.45, 7) is -0.517. The lowest BCUT2D eigenvalue weighted by atomic mass is 10.2. The molecule has 154 valence electrons. The fraction of sp³-hybridized carbons (Fsp3) is 0.412. The highest BCUT2D eigenvalue weighted by molar-refractivity contribution is 6.31. The number of rotatable bonds is 5. The molecule has 0 amide bonds. The second-order valence-corrected chi connectivity index (χ2v) is 7.02. The number of aromatic nitrogens is 5. The van der Waals surface area contributed by atoms with E-state index in [1.165, 1.54) is 4.80 Å². The van der Waals surface area contributed by atoms with Crippen LogP contribution in [0.4, 0.5) is 19.0 Å². The summed E-state index contributed by atoms with van der Waals surface area (Å²) >= 11 is 6.17. The molecule has 0 radical (unpaired) electrons. The molecule has 1 atom stereocenters. The molecule has 1 aromatic carbocycles. The van der Waals surface area contributed by atoms with Crippen molar-refractivity contribution in [3.05, 3.63) is 34.9 Å². The molecule has 1 aliphatic heterocycles. The molecule has 0 aliphatic carbocycles. The van der Waals surface area contributed by atoms with E-state index in [2.05, 4.69) is 20.2 Å². The highest BCUT2D eigenvalue weighted by Crippen LogP contribution is 2.28. The van der Waals surface area contributed by atoms with Crippen molar-refractivity contribution in [2.45, 2.75) is 25.2 Å². The van der Waals surface area contributed by atoms with Gasteiger partial charge in [-0.3, -0.25) is 0 Å². The molecule has 4 rings (SSSR count). The van der Waals surface area contributed by atoms with Gasteiger partial charge in [-0.1, -0.05) is 29.8 Å². The van der Waals surface area contributed by atoms with E-state index in [9.17, 15) is 18.3 Å². The third-order valence-electron chi connectivity index (χ3n) is 4.35. The monoisotopic (exact) mass is 428 g/mol. The Balaban J connectivity index is 1.71. The molecule has 2 aromatic heterocycles. The number of halogens is 4. The van der Waals surface area contributed by atoms with Crippen LogP contribution < -0.4 is 9.64 Å². The molecule has 3 aromatic rings. The number of aliphatic hydroxyl groups is 1. The lowest BCUT2D eigenvalue weighted by molar-refractivity contribution is -0.154. The maximum atomic E-state index is 12.5. The van der Waals surface area contributed by atoms with Crippen LogP contribution in [0.2, 0.25) is 5.02 Å². The predicted octanol–water partition coefficient (Wildman–Crippen LogP) is 2.44. The highest BCUT2D eigenvalue weighted by atomic mass is 35.5. The van der Waals surface area contributed by atoms with Crippen molar-refractivity contribution < 1.29 is 23.0 Å². The Hall–Kier alpha value is -2.66. The smallest absolute Gasteiger partial charge is 0.422 e. The lowest BCUT2D eigenvalue weighted by Crippen LogP contribution is -2.24. The molecule has 0 saturated carbocycles. The molecule has 1 saturated heterocycles. The molecule has 1 N–H and O–H groups in total. The first-order valence-electron chi connectivity index (χ1n) is 8.77. The SMILES string of the molecule is O[C@H]1CCN(c2nc(OCC(F)(F)F)nc3nn(Cc4ccccc4Cl)nc23)C1. The summed E-state index contributed by atoms with van der Waals surface area (Å²) in [5, 5.41) is 19.0. The summed E-state index contributed by atoms with van der Waals surface area (Å²) in [5.74, 6) is 0.272. The fourth-order valence-corrected chi connectivity index (χ4v) is 3.23. The van der Waals surface area contributed by atoms with Gasteiger partial charge in [-0.25, -0.2) is 0 Å². The first kappa shape index (κ1) is 19.6. The van der Waals surface area contributed by atoms with Crippen LogP contribution in [0.1, 0.15) is 12.0 Å². The van der Waals surface area contributed by atoms with Crippen molar-refractivity contribution in [2.24, 2.45) is 0 Å². The average molecular weight is 429 g/mol. The van der Waals surface area contributed by atoms with Gasteiger partial charge in [0.2, 0.25) is 5.65 Å². The van der Waals surface area contributed by atoms with Gasteiger partial charge in [0, 0.05) is 18.1 Å². The van der Waals surface area contributed by atoms with Crippen molar-refractivity contribution in [1.29, 1.82) is 0 Å². The van der Waals surface area contributed by atoms with E-state index in [1.54, 1.807) is 17.0 Å². The van der Waals surface area contributed by atoms with Crippen molar-refractivity contribution in [3.8, 4) is 6.01 Å². The number of fused-ring (bicyclic) bond motifs is 1. The zero-order valence-corrected chi connectivity index (χ0v) is 15.7. The van der Waals surface area contributed by atoms with Crippen LogP contribution in [0.25, 0.3) is 11.2 Å². The van der Waals surface area contributed by atoms with Gasteiger partial charge in [0.05, 0.1) is 12.6 Å². The Morgan fingerprint density at radius 2 is 2.00 bits per heavy atom. The Bertz CT molecular complexity index is 1030. The number of alkyl halides is 3. The van der Waals surface area contributed by atoms with E-state index in [-0.39, 0.29) is 24.6 Å². The second-order valence-electron chi connectivity index (χ2n) is 6.62. The molecule has 8 nitrogen and oxygen atoms in total. The van der Waals surface area contributed by atoms with Gasteiger partial charge >= 0.3 is 12.2 Å². The number of hydrogen-bond acceptors (Lipinski definition) is 7. The van der Waals surface area contributed by atoms with Crippen LogP contribution in [0.3, 0.4) is 0 Å². The van der Waals surface area contributed by atoms with E-state index in [1.807, 2.05) is 12.1 Å². The zero-order chi connectivity index (χ0) is 20.6. The quantitative estimate of drug-likeness (QED) is 0.667. The van der Waals surface area contributed by atoms with Gasteiger partial charge in [0.15, 0.2) is 17.9 Å². The summed E-state index contributed by atoms with van der Waals surface area (Å²) in [4.78, 5) is 11.1. The first-order chi connectivity index (χ1) is 13.8. The zero-order valence-electron chi connectivity index (χ0n) is 15.0. The topological polar surface area (TPSA) is 89.2 Å². The second kappa shape index (κ2) is 7.64. The maximum Gasteiger partial charge on any atom is 0.422 e. The molecular weight excluding hydrogens is 413 g/mol. The summed E-state index contributed by atoms with van der Waals surface area (Å²) in [7, 11) is 0. The molecule has 29 heavy (non-hydrogen) atoms. The Labute approximate surface area is 167 Å². The number of anilines is 1. The van der Waals surface area contributed by atoms with Gasteiger partial charge in [0.1, 0.15) is 0 Å². The molecule has 1 fully saturated rings. The predicted molar refractivity (Wildman–Crippen MR) is 98.1 cm³/mol. The van der Waals surface area contributed by atoms with Gasteiger partial charge < -0.3 is 14.7 Å². The highest BCUT2D eigenvalue weighted by Gasteiger charge is 2.30. The summed E-state index contributed by atoms with van der Waals surface area (Å²) in [6.07, 6.45) is -4.57. The van der Waals surface area contributed by atoms with Gasteiger partial charge in [-0.15, -0.1) is 10.2 Å². The van der Waals surface area contributed by atoms with Crippen molar-refractivity contribution in [3.63, 3.8) is 0 Å². The largest absolute Gasteiger partial charge is 0.454 e. The van der Waals surface area contributed by atoms with E-state index >= 15 is 0 Å². The minimum absolute atomic E-state index is 0.0978. The van der Waals surface area contributed by atoms with Crippen LogP contribution in [-0.2, 0) is 6.54 Å². The standard InChI is InChI=1S/C17H16ClF3N6O2/c18-12-4-2-1-3-10(12)7-27-24-13-14(25-27)22-16(29-9-17(19,20)21)23-15(13)26-6-5-11(28)8-26/h1-4,11,28H,5-9H2/t11-/m0/s1. The molecule has 12 heteroatoms. The average Bonchev–Trinajstić information content (AvgIpc) is 3.26. The molecular formula is C17H16ClF3N6O2. The molecule has 1 aliphatic rings. The van der Waals surface area contributed by atoms with Gasteiger partial charge in [-0.2, -0.15) is 27.9 Å². The third-order valence-corrected chi connectivity index (χ3v) is 4.72. The van der Waals surface area contributed by atoms with Crippen LogP contribution in [0.5, 0.6) is 6.01 Å². The number of ether oxygens (including phenoxy) is 1. The van der Waals surface area contributed by atoms with Crippen LogP contribution in [-0.4, -0.2) is 62.0 Å². The number of β-amino-alcohol motifs (C(OH)–C–C–N with tert-alkyl or cyclic N) is 1. The first-order valence-corrected chi connectivity index (χ1v) is 9.15. The van der Waals surface area contributed by atoms with Crippen molar-refractivity contribution in [2.75, 3.05) is 24.6 Å². The van der Waals surface area contributed by atoms with Crippen LogP contribution in [0, 0.1) is 0 Å². The number of aliphatic hydroxyl groups excluding tert-OH is 1. The summed E-state index contributed by atoms with van der Waals surface area (Å²) < 4.78 is 42.3. The van der Waals surface area contributed by atoms with E-state index in [0.717, 1.165) is 5.56 Å². The summed E-state index contributed by atoms with van der Waals surface area (Å²) in [5.41, 5.74) is 1.18. The Morgan fingerprint density at radius 1 is 1.21 bits per heavy atom. The Kier molecular flexibility index (Phi) is 5.17. The van der Waals surface area contributed by atoms with Gasteiger partial charge in [0.25, 0.3) is 0 Å². The molecule has 0 unspecified atom stereocenters. The summed E-state index contributed by atoms with van der Waals surface area (Å²) in [6, 6.07) is 6.73. The third kappa shape index (κ3) is 4.51. The number of hydrogen-bond donors (Lipinski definition) is 1. The van der Waals surface area contributed by atoms with Crippen molar-refractivity contribution >= 4 is 28.6 Å².